The molecule has 1 atom stereocenters. The molecule has 0 aliphatic carbocycles. The maximum atomic E-state index is 12.3. The Balaban J connectivity index is 2.12. The summed E-state index contributed by atoms with van der Waals surface area (Å²) < 4.78 is 0. The van der Waals surface area contributed by atoms with Crippen LogP contribution in [-0.4, -0.2) is 41.0 Å². The largest absolute Gasteiger partial charge is 0.480 e. The molecule has 0 bridgehead atoms. The molecule has 1 fully saturated rings. The minimum atomic E-state index is -0.925. The fourth-order valence-electron chi connectivity index (χ4n) is 2.41. The Morgan fingerprint density at radius 2 is 2.00 bits per heavy atom. The maximum absolute atomic E-state index is 12.3. The van der Waals surface area contributed by atoms with E-state index >= 15 is 0 Å². The fraction of sp³-hybridized carbons (Fsp3) is 0.429. The van der Waals surface area contributed by atoms with Gasteiger partial charge in [-0.15, -0.1) is 0 Å². The third kappa shape index (κ3) is 2.93. The molecule has 1 aromatic rings. The number of hydrogen-bond acceptors (Lipinski definition) is 3. The number of rotatable bonds is 4. The average molecular weight is 262 g/mol. The summed E-state index contributed by atoms with van der Waals surface area (Å²) >= 11 is 0. The second-order valence-electron chi connectivity index (χ2n) is 4.73. The summed E-state index contributed by atoms with van der Waals surface area (Å²) in [6.45, 7) is 1.08. The van der Waals surface area contributed by atoms with Crippen LogP contribution in [0.3, 0.4) is 0 Å². The van der Waals surface area contributed by atoms with Crippen LogP contribution in [0.2, 0.25) is 0 Å². The first-order valence-corrected chi connectivity index (χ1v) is 6.46. The Morgan fingerprint density at radius 3 is 2.58 bits per heavy atom. The number of benzene rings is 1. The summed E-state index contributed by atoms with van der Waals surface area (Å²) in [6, 6.07) is 6.53. The predicted molar refractivity (Wildman–Crippen MR) is 70.9 cm³/mol. The van der Waals surface area contributed by atoms with Crippen molar-refractivity contribution in [3.05, 3.63) is 35.4 Å². The van der Waals surface area contributed by atoms with Gasteiger partial charge in [-0.3, -0.25) is 4.79 Å². The molecule has 1 unspecified atom stereocenters. The van der Waals surface area contributed by atoms with Crippen LogP contribution in [0.15, 0.2) is 24.3 Å². The molecule has 3 N–H and O–H groups in total. The Morgan fingerprint density at radius 1 is 1.32 bits per heavy atom. The van der Waals surface area contributed by atoms with Crippen molar-refractivity contribution in [1.29, 1.82) is 0 Å². The molecular formula is C14H18N2O3. The van der Waals surface area contributed by atoms with Crippen LogP contribution in [0.5, 0.6) is 0 Å². The van der Waals surface area contributed by atoms with E-state index in [1.807, 2.05) is 12.1 Å². The van der Waals surface area contributed by atoms with E-state index in [2.05, 4.69) is 0 Å². The minimum absolute atomic E-state index is 0.204. The number of carbonyl (C=O) groups is 2. The van der Waals surface area contributed by atoms with Gasteiger partial charge in [0, 0.05) is 12.1 Å². The van der Waals surface area contributed by atoms with Crippen LogP contribution in [-0.2, 0) is 11.2 Å². The summed E-state index contributed by atoms with van der Waals surface area (Å²) in [5.74, 6) is -1.13. The number of carbonyl (C=O) groups excluding carboxylic acids is 1. The van der Waals surface area contributed by atoms with E-state index in [0.717, 1.165) is 18.4 Å². The van der Waals surface area contributed by atoms with Gasteiger partial charge in [0.15, 0.2) is 0 Å². The number of aliphatic carboxylic acids is 1. The highest BCUT2D eigenvalue weighted by atomic mass is 16.4. The van der Waals surface area contributed by atoms with Gasteiger partial charge in [-0.05, 0) is 43.5 Å². The molecule has 1 aliphatic rings. The third-order valence-corrected chi connectivity index (χ3v) is 3.43. The average Bonchev–Trinajstić information content (AvgIpc) is 2.88. The Labute approximate surface area is 112 Å². The van der Waals surface area contributed by atoms with Crippen LogP contribution in [0.1, 0.15) is 28.8 Å². The first-order valence-electron chi connectivity index (χ1n) is 6.46. The highest BCUT2D eigenvalue weighted by molar-refractivity contribution is 5.97. The molecule has 0 saturated carbocycles. The van der Waals surface area contributed by atoms with Crippen molar-refractivity contribution in [2.24, 2.45) is 5.73 Å². The topological polar surface area (TPSA) is 83.6 Å². The molecule has 1 aromatic carbocycles. The zero-order valence-corrected chi connectivity index (χ0v) is 10.7. The minimum Gasteiger partial charge on any atom is -0.480 e. The van der Waals surface area contributed by atoms with E-state index in [1.54, 1.807) is 12.1 Å². The van der Waals surface area contributed by atoms with Gasteiger partial charge in [0.1, 0.15) is 6.04 Å². The van der Waals surface area contributed by atoms with Gasteiger partial charge < -0.3 is 15.7 Å². The molecule has 0 spiro atoms. The van der Waals surface area contributed by atoms with Gasteiger partial charge in [-0.2, -0.15) is 0 Å². The molecule has 1 saturated heterocycles. The van der Waals surface area contributed by atoms with E-state index < -0.39 is 12.0 Å². The summed E-state index contributed by atoms with van der Waals surface area (Å²) in [6.07, 6.45) is 2.05. The molecule has 102 valence electrons. The van der Waals surface area contributed by atoms with Crippen LogP contribution in [0.4, 0.5) is 0 Å². The van der Waals surface area contributed by atoms with Crippen LogP contribution < -0.4 is 5.73 Å². The highest BCUT2D eigenvalue weighted by Crippen LogP contribution is 2.20. The summed E-state index contributed by atoms with van der Waals surface area (Å²) in [5, 5.41) is 9.09. The molecular weight excluding hydrogens is 244 g/mol. The normalized spacial score (nSPS) is 18.6. The standard InChI is InChI=1S/C14H18N2O3/c15-8-7-10-3-5-11(6-4-10)13(17)16-9-1-2-12(16)14(18)19/h3-6,12H,1-2,7-9,15H2,(H,18,19). The predicted octanol–water partition coefficient (Wildman–Crippen LogP) is 0.877. The number of nitrogens with zero attached hydrogens (tertiary/aromatic N) is 1. The van der Waals surface area contributed by atoms with E-state index in [9.17, 15) is 9.59 Å². The lowest BCUT2D eigenvalue weighted by Gasteiger charge is -2.21. The van der Waals surface area contributed by atoms with Crippen LogP contribution >= 0.6 is 0 Å². The Bertz CT molecular complexity index is 470. The van der Waals surface area contributed by atoms with Gasteiger partial charge >= 0.3 is 5.97 Å². The quantitative estimate of drug-likeness (QED) is 0.843. The molecule has 5 nitrogen and oxygen atoms in total. The first-order chi connectivity index (χ1) is 9.13. The lowest BCUT2D eigenvalue weighted by molar-refractivity contribution is -0.141. The second-order valence-corrected chi connectivity index (χ2v) is 4.73. The van der Waals surface area contributed by atoms with Crippen molar-refractivity contribution < 1.29 is 14.7 Å². The fourth-order valence-corrected chi connectivity index (χ4v) is 2.41. The van der Waals surface area contributed by atoms with E-state index in [-0.39, 0.29) is 5.91 Å². The summed E-state index contributed by atoms with van der Waals surface area (Å²) in [7, 11) is 0. The monoisotopic (exact) mass is 262 g/mol. The maximum Gasteiger partial charge on any atom is 0.326 e. The Kier molecular flexibility index (Phi) is 4.16. The smallest absolute Gasteiger partial charge is 0.326 e. The van der Waals surface area contributed by atoms with Gasteiger partial charge in [0.05, 0.1) is 0 Å². The lowest BCUT2D eigenvalue weighted by Crippen LogP contribution is -2.40. The molecule has 1 aliphatic heterocycles. The van der Waals surface area contributed by atoms with Crippen LogP contribution in [0, 0.1) is 0 Å². The second kappa shape index (κ2) is 5.84. The molecule has 19 heavy (non-hydrogen) atoms. The molecule has 0 aromatic heterocycles. The lowest BCUT2D eigenvalue weighted by atomic mass is 10.1. The Hall–Kier alpha value is -1.88. The zero-order valence-electron chi connectivity index (χ0n) is 10.7. The third-order valence-electron chi connectivity index (χ3n) is 3.43. The SMILES string of the molecule is NCCc1ccc(C(=O)N2CCCC2C(=O)O)cc1. The number of carboxylic acid groups (broad SMARTS) is 1. The van der Waals surface area contributed by atoms with E-state index in [4.69, 9.17) is 10.8 Å². The summed E-state index contributed by atoms with van der Waals surface area (Å²) in [4.78, 5) is 24.8. The van der Waals surface area contributed by atoms with Crippen molar-refractivity contribution in [3.8, 4) is 0 Å². The number of carboxylic acids is 1. The van der Waals surface area contributed by atoms with E-state index in [0.29, 0.717) is 25.1 Å². The number of likely N-dealkylation sites (tertiary alicyclic amines) is 1. The van der Waals surface area contributed by atoms with Crippen molar-refractivity contribution in [2.45, 2.75) is 25.3 Å². The van der Waals surface area contributed by atoms with Gasteiger partial charge in [0.2, 0.25) is 0 Å². The first kappa shape index (κ1) is 13.5. The molecule has 2 rings (SSSR count). The number of hydrogen-bond donors (Lipinski definition) is 2. The zero-order chi connectivity index (χ0) is 13.8. The molecule has 0 radical (unpaired) electrons. The van der Waals surface area contributed by atoms with Crippen molar-refractivity contribution in [3.63, 3.8) is 0 Å². The van der Waals surface area contributed by atoms with Gasteiger partial charge in [-0.25, -0.2) is 4.79 Å². The van der Waals surface area contributed by atoms with Crippen molar-refractivity contribution in [1.82, 2.24) is 4.90 Å². The van der Waals surface area contributed by atoms with Gasteiger partial charge in [0.25, 0.3) is 5.91 Å². The summed E-state index contributed by atoms with van der Waals surface area (Å²) in [5.41, 5.74) is 7.08. The van der Waals surface area contributed by atoms with Gasteiger partial charge in [-0.1, -0.05) is 12.1 Å². The van der Waals surface area contributed by atoms with Crippen LogP contribution in [0.25, 0.3) is 0 Å². The number of amides is 1. The molecule has 5 heteroatoms. The molecule has 1 amide bonds. The number of nitrogens with two attached hydrogens (primary N) is 1. The van der Waals surface area contributed by atoms with Crippen molar-refractivity contribution >= 4 is 11.9 Å². The highest BCUT2D eigenvalue weighted by Gasteiger charge is 2.34. The molecule has 1 heterocycles. The van der Waals surface area contributed by atoms with Crippen molar-refractivity contribution in [2.75, 3.05) is 13.1 Å². The van der Waals surface area contributed by atoms with E-state index in [1.165, 1.54) is 4.90 Å².